The predicted molar refractivity (Wildman–Crippen MR) is 171 cm³/mol. The zero-order valence-corrected chi connectivity index (χ0v) is 27.1. The van der Waals surface area contributed by atoms with Crippen LogP contribution < -0.4 is 4.74 Å². The summed E-state index contributed by atoms with van der Waals surface area (Å²) in [6.45, 7) is 8.66. The minimum Gasteiger partial charge on any atom is -0.476 e. The Bertz CT molecular complexity index is 1840. The van der Waals surface area contributed by atoms with Crippen molar-refractivity contribution in [3.8, 4) is 56.3 Å². The van der Waals surface area contributed by atoms with E-state index in [4.69, 9.17) is 9.72 Å². The molecule has 4 aromatic carbocycles. The van der Waals surface area contributed by atoms with Crippen LogP contribution in [0.15, 0.2) is 122 Å². The summed E-state index contributed by atoms with van der Waals surface area (Å²) in [5, 5.41) is 0. The number of nitrogens with zero attached hydrogens (tertiary/aromatic N) is 2. The van der Waals surface area contributed by atoms with Crippen LogP contribution in [0.5, 0.6) is 11.5 Å². The van der Waals surface area contributed by atoms with Crippen molar-refractivity contribution in [2.45, 2.75) is 33.1 Å². The van der Waals surface area contributed by atoms with Gasteiger partial charge in [0, 0.05) is 38.1 Å². The zero-order valence-electron chi connectivity index (χ0n) is 24.7. The molecule has 215 valence electrons. The summed E-state index contributed by atoms with van der Waals surface area (Å²) in [6.07, 6.45) is 3.80. The Morgan fingerprint density at radius 3 is 2.09 bits per heavy atom. The van der Waals surface area contributed by atoms with Gasteiger partial charge >= 0.3 is 0 Å². The molecule has 0 unspecified atom stereocenters. The van der Waals surface area contributed by atoms with Crippen LogP contribution in [-0.2, 0) is 25.5 Å². The molecule has 4 heteroatoms. The van der Waals surface area contributed by atoms with Crippen LogP contribution >= 0.6 is 0 Å². The molecule has 43 heavy (non-hydrogen) atoms. The number of aryl methyl sites for hydroxylation is 1. The number of fused-ring (bicyclic) bond motifs is 5. The van der Waals surface area contributed by atoms with Gasteiger partial charge in [0.05, 0.1) is 5.75 Å². The van der Waals surface area contributed by atoms with Crippen LogP contribution in [0.1, 0.15) is 31.9 Å². The molecule has 1 aliphatic heterocycles. The Hall–Kier alpha value is -4.37. The number of rotatable bonds is 2. The minimum atomic E-state index is 0. The summed E-state index contributed by atoms with van der Waals surface area (Å²) < 4.78 is 6.38. The van der Waals surface area contributed by atoms with Gasteiger partial charge in [-0.25, -0.2) is 0 Å². The van der Waals surface area contributed by atoms with Gasteiger partial charge in [-0.1, -0.05) is 98.6 Å². The van der Waals surface area contributed by atoms with Gasteiger partial charge in [-0.2, -0.15) is 0 Å². The van der Waals surface area contributed by atoms with Gasteiger partial charge in [-0.05, 0) is 52.5 Å². The Morgan fingerprint density at radius 1 is 0.651 bits per heavy atom. The Balaban J connectivity index is 0.000000221. The smallest absolute Gasteiger partial charge is 0.132 e. The summed E-state index contributed by atoms with van der Waals surface area (Å²) in [4.78, 5) is 9.07. The summed E-state index contributed by atoms with van der Waals surface area (Å²) in [7, 11) is 0. The largest absolute Gasteiger partial charge is 0.476 e. The van der Waals surface area contributed by atoms with E-state index in [-0.39, 0.29) is 25.5 Å². The summed E-state index contributed by atoms with van der Waals surface area (Å²) in [6, 6.07) is 43.3. The first-order chi connectivity index (χ1) is 20.4. The van der Waals surface area contributed by atoms with Crippen molar-refractivity contribution in [3.05, 3.63) is 145 Å². The number of ether oxygens (including phenoxy) is 1. The molecule has 0 spiro atoms. The maximum Gasteiger partial charge on any atom is 0.132 e. The fourth-order valence-electron chi connectivity index (χ4n) is 5.09. The standard InChI is InChI=1S/C27H22NO.C12H10N.Ir/c1-27(2,3)18-15-16-23(28-17-18)22-12-8-14-25-26(22)21-11-5-4-9-19(21)20-10-6-7-13-24(20)29-25;1-10-7-8-13-12(9-10)11-5-3-2-4-6-11;/h4-11,13-17H,1-3H3;2-5,7-9H,1H3;/q2*-1;. The minimum absolute atomic E-state index is 0. The molecule has 3 nitrogen and oxygen atoms in total. The normalized spacial score (nSPS) is 11.3. The molecule has 0 bridgehead atoms. The van der Waals surface area contributed by atoms with Gasteiger partial charge in [0.1, 0.15) is 5.75 Å². The average molecular weight is 737 g/mol. The third-order valence-electron chi connectivity index (χ3n) is 7.34. The zero-order chi connectivity index (χ0) is 29.1. The number of para-hydroxylation sites is 1. The molecule has 1 aliphatic rings. The van der Waals surface area contributed by atoms with Gasteiger partial charge < -0.3 is 14.7 Å². The molecule has 0 fully saturated rings. The molecule has 2 aromatic heterocycles. The number of benzene rings is 4. The molecule has 0 saturated heterocycles. The summed E-state index contributed by atoms with van der Waals surface area (Å²) in [5.41, 5.74) is 10.8. The fraction of sp³-hybridized carbons (Fsp3) is 0.128. The van der Waals surface area contributed by atoms with Crippen LogP contribution in [0.4, 0.5) is 0 Å². The van der Waals surface area contributed by atoms with Crippen LogP contribution in [0, 0.1) is 19.1 Å². The van der Waals surface area contributed by atoms with Crippen molar-refractivity contribution < 1.29 is 24.8 Å². The molecule has 1 radical (unpaired) electrons. The summed E-state index contributed by atoms with van der Waals surface area (Å²) >= 11 is 0. The van der Waals surface area contributed by atoms with Crippen LogP contribution in [0.3, 0.4) is 0 Å². The van der Waals surface area contributed by atoms with Crippen LogP contribution in [0.2, 0.25) is 0 Å². The molecule has 0 aliphatic carbocycles. The Kier molecular flexibility index (Phi) is 9.01. The van der Waals surface area contributed by atoms with Gasteiger partial charge in [0.2, 0.25) is 0 Å². The van der Waals surface area contributed by atoms with Crippen molar-refractivity contribution >= 4 is 0 Å². The molecule has 0 atom stereocenters. The van der Waals surface area contributed by atoms with Crippen molar-refractivity contribution in [3.63, 3.8) is 0 Å². The van der Waals surface area contributed by atoms with Gasteiger partial charge in [-0.3, -0.25) is 0 Å². The third kappa shape index (κ3) is 6.51. The number of pyridine rings is 2. The second kappa shape index (κ2) is 12.9. The number of aromatic nitrogens is 2. The molecule has 0 amide bonds. The van der Waals surface area contributed by atoms with E-state index >= 15 is 0 Å². The molecule has 7 rings (SSSR count). The molecule has 6 aromatic rings. The fourth-order valence-corrected chi connectivity index (χ4v) is 5.09. The second-order valence-corrected chi connectivity index (χ2v) is 11.4. The Morgan fingerprint density at radius 2 is 1.40 bits per heavy atom. The van der Waals surface area contributed by atoms with Crippen LogP contribution in [0.25, 0.3) is 44.8 Å². The quantitative estimate of drug-likeness (QED) is 0.166. The molecule has 0 N–H and O–H groups in total. The van der Waals surface area contributed by atoms with E-state index in [0.717, 1.165) is 56.3 Å². The Labute approximate surface area is 268 Å². The third-order valence-corrected chi connectivity index (χ3v) is 7.34. The first-order valence-corrected chi connectivity index (χ1v) is 14.2. The molecule has 3 heterocycles. The van der Waals surface area contributed by atoms with E-state index < -0.39 is 0 Å². The van der Waals surface area contributed by atoms with Gasteiger partial charge in [0.15, 0.2) is 0 Å². The average Bonchev–Trinajstić information content (AvgIpc) is 3.16. The monoisotopic (exact) mass is 737 g/mol. The van der Waals surface area contributed by atoms with E-state index in [1.54, 1.807) is 0 Å². The molecular weight excluding hydrogens is 705 g/mol. The van der Waals surface area contributed by atoms with Crippen molar-refractivity contribution in [2.75, 3.05) is 0 Å². The number of hydrogen-bond acceptors (Lipinski definition) is 3. The molecular formula is C39H32IrN2O-2. The predicted octanol–water partition coefficient (Wildman–Crippen LogP) is 10.1. The maximum atomic E-state index is 6.38. The van der Waals surface area contributed by atoms with E-state index in [1.807, 2.05) is 67.0 Å². The van der Waals surface area contributed by atoms with E-state index in [9.17, 15) is 0 Å². The van der Waals surface area contributed by atoms with Crippen molar-refractivity contribution in [1.82, 2.24) is 9.97 Å². The second-order valence-electron chi connectivity index (χ2n) is 11.4. The van der Waals surface area contributed by atoms with Gasteiger partial charge in [-0.15, -0.1) is 53.6 Å². The van der Waals surface area contributed by atoms with Crippen LogP contribution in [-0.4, -0.2) is 9.97 Å². The number of hydrogen-bond donors (Lipinski definition) is 0. The molecule has 0 saturated carbocycles. The van der Waals surface area contributed by atoms with Gasteiger partial charge in [0.25, 0.3) is 0 Å². The first-order valence-electron chi connectivity index (χ1n) is 14.2. The first kappa shape index (κ1) is 30.1. The van der Waals surface area contributed by atoms with E-state index in [1.165, 1.54) is 11.1 Å². The van der Waals surface area contributed by atoms with Crippen molar-refractivity contribution in [2.24, 2.45) is 0 Å². The van der Waals surface area contributed by atoms with E-state index in [0.29, 0.717) is 0 Å². The SMILES string of the molecule is CC(C)(C)c1ccc(-c2[c-]ccc3c2-c2ccccc2-c2ccccc2O3)nc1.Cc1ccnc(-c2[c-]cccc2)c1.[Ir]. The van der Waals surface area contributed by atoms with Crippen molar-refractivity contribution in [1.29, 1.82) is 0 Å². The maximum absolute atomic E-state index is 6.38. The van der Waals surface area contributed by atoms with E-state index in [2.05, 4.69) is 99.4 Å². The summed E-state index contributed by atoms with van der Waals surface area (Å²) in [5.74, 6) is 1.70. The topological polar surface area (TPSA) is 35.0 Å².